The summed E-state index contributed by atoms with van der Waals surface area (Å²) in [4.78, 5) is 14.9. The number of allylic oxidation sites excluding steroid dienone is 1. The molecule has 0 spiro atoms. The molecule has 32 heavy (non-hydrogen) atoms. The summed E-state index contributed by atoms with van der Waals surface area (Å²) in [6.45, 7) is 3.95. The predicted octanol–water partition coefficient (Wildman–Crippen LogP) is 3.71. The molecule has 0 bridgehead atoms. The van der Waals surface area contributed by atoms with Crippen LogP contribution in [0.3, 0.4) is 0 Å². The number of methoxy groups -OCH3 is 2. The molecule has 8 nitrogen and oxygen atoms in total. The van der Waals surface area contributed by atoms with E-state index in [0.29, 0.717) is 45.1 Å². The van der Waals surface area contributed by atoms with Crippen LogP contribution in [0.15, 0.2) is 47.7 Å². The van der Waals surface area contributed by atoms with Crippen LogP contribution in [-0.4, -0.2) is 38.7 Å². The lowest BCUT2D eigenvalue weighted by atomic mass is 9.94. The Labute approximate surface area is 191 Å². The number of benzene rings is 2. The van der Waals surface area contributed by atoms with Crippen LogP contribution >= 0.6 is 12.2 Å². The standard InChI is InChI=1S/C23H24N2O6S/c1-5-29-22(26)19-13(2)25(15-8-6-7-9-16(15)27-3)23(32)24-20(19)14-10-17(28-4)21-18(11-14)30-12-31-21/h6-11,20H,5,12H2,1-4H3,(H,24,32)/t20-/m0/s1. The number of esters is 1. The van der Waals surface area contributed by atoms with E-state index in [1.165, 1.54) is 0 Å². The molecule has 168 valence electrons. The highest BCUT2D eigenvalue weighted by Crippen LogP contribution is 2.45. The Kier molecular flexibility index (Phi) is 6.09. The predicted molar refractivity (Wildman–Crippen MR) is 122 cm³/mol. The highest BCUT2D eigenvalue weighted by atomic mass is 32.1. The van der Waals surface area contributed by atoms with Gasteiger partial charge in [-0.1, -0.05) is 12.1 Å². The third kappa shape index (κ3) is 3.69. The fraction of sp³-hybridized carbons (Fsp3) is 0.304. The molecule has 1 atom stereocenters. The van der Waals surface area contributed by atoms with Gasteiger partial charge in [-0.15, -0.1) is 0 Å². The number of carbonyl (C=O) groups is 1. The third-order valence-corrected chi connectivity index (χ3v) is 5.62. The molecule has 0 saturated heterocycles. The second-order valence-electron chi connectivity index (χ2n) is 7.07. The van der Waals surface area contributed by atoms with Crippen molar-refractivity contribution in [1.29, 1.82) is 0 Å². The maximum Gasteiger partial charge on any atom is 0.338 e. The molecule has 0 saturated carbocycles. The minimum Gasteiger partial charge on any atom is -0.495 e. The highest BCUT2D eigenvalue weighted by molar-refractivity contribution is 7.80. The first-order valence-corrected chi connectivity index (χ1v) is 10.5. The fourth-order valence-electron chi connectivity index (χ4n) is 3.89. The molecule has 2 aliphatic rings. The molecule has 0 aliphatic carbocycles. The number of hydrogen-bond donors (Lipinski definition) is 1. The maximum absolute atomic E-state index is 13.1. The number of hydrogen-bond acceptors (Lipinski definition) is 7. The van der Waals surface area contributed by atoms with E-state index in [2.05, 4.69) is 5.32 Å². The van der Waals surface area contributed by atoms with Crippen molar-refractivity contribution in [3.05, 3.63) is 53.2 Å². The second-order valence-corrected chi connectivity index (χ2v) is 7.45. The molecule has 0 radical (unpaired) electrons. The van der Waals surface area contributed by atoms with Crippen molar-refractivity contribution in [3.63, 3.8) is 0 Å². The molecule has 0 unspecified atom stereocenters. The van der Waals surface area contributed by atoms with Gasteiger partial charge in [0.05, 0.1) is 38.1 Å². The number of ether oxygens (including phenoxy) is 5. The lowest BCUT2D eigenvalue weighted by Crippen LogP contribution is -2.48. The molecular formula is C23H24N2O6S. The Morgan fingerprint density at radius 1 is 1.19 bits per heavy atom. The van der Waals surface area contributed by atoms with Gasteiger partial charge in [-0.25, -0.2) is 4.79 Å². The Morgan fingerprint density at radius 3 is 2.66 bits per heavy atom. The molecule has 0 fully saturated rings. The number of carbonyl (C=O) groups excluding carboxylic acids is 1. The Bertz CT molecular complexity index is 1100. The summed E-state index contributed by atoms with van der Waals surface area (Å²) in [6, 6.07) is 10.5. The quantitative estimate of drug-likeness (QED) is 0.517. The van der Waals surface area contributed by atoms with Crippen molar-refractivity contribution in [3.8, 4) is 23.0 Å². The van der Waals surface area contributed by atoms with Crippen LogP contribution in [0.25, 0.3) is 0 Å². The molecule has 2 aliphatic heterocycles. The molecule has 0 amide bonds. The van der Waals surface area contributed by atoms with Crippen LogP contribution < -0.4 is 29.2 Å². The van der Waals surface area contributed by atoms with E-state index in [0.717, 1.165) is 5.56 Å². The van der Waals surface area contributed by atoms with E-state index in [1.54, 1.807) is 32.1 Å². The van der Waals surface area contributed by atoms with E-state index in [9.17, 15) is 4.79 Å². The highest BCUT2D eigenvalue weighted by Gasteiger charge is 2.37. The average Bonchev–Trinajstić information content (AvgIpc) is 3.27. The summed E-state index contributed by atoms with van der Waals surface area (Å²) in [5, 5.41) is 3.70. The van der Waals surface area contributed by atoms with E-state index in [4.69, 9.17) is 35.9 Å². The summed E-state index contributed by atoms with van der Waals surface area (Å²) in [5.74, 6) is 1.77. The normalized spacial score (nSPS) is 17.2. The largest absolute Gasteiger partial charge is 0.495 e. The van der Waals surface area contributed by atoms with Crippen LogP contribution in [0.5, 0.6) is 23.0 Å². The summed E-state index contributed by atoms with van der Waals surface area (Å²) >= 11 is 5.72. The molecule has 2 heterocycles. The Hall–Kier alpha value is -3.46. The van der Waals surface area contributed by atoms with Crippen molar-refractivity contribution in [2.24, 2.45) is 0 Å². The van der Waals surface area contributed by atoms with Crippen LogP contribution in [0.4, 0.5) is 5.69 Å². The minimum atomic E-state index is -0.573. The van der Waals surface area contributed by atoms with Gasteiger partial charge in [0, 0.05) is 5.70 Å². The minimum absolute atomic E-state index is 0.104. The van der Waals surface area contributed by atoms with Crippen molar-refractivity contribution in [2.75, 3.05) is 32.5 Å². The summed E-state index contributed by atoms with van der Waals surface area (Å²) in [7, 11) is 3.14. The van der Waals surface area contributed by atoms with Crippen molar-refractivity contribution < 1.29 is 28.5 Å². The van der Waals surface area contributed by atoms with Gasteiger partial charge in [0.1, 0.15) is 5.75 Å². The van der Waals surface area contributed by atoms with Crippen LogP contribution in [0.2, 0.25) is 0 Å². The van der Waals surface area contributed by atoms with Gasteiger partial charge in [-0.3, -0.25) is 4.90 Å². The first kappa shape index (κ1) is 21.8. The van der Waals surface area contributed by atoms with Crippen molar-refractivity contribution in [1.82, 2.24) is 5.32 Å². The fourth-order valence-corrected chi connectivity index (χ4v) is 4.24. The Morgan fingerprint density at radius 2 is 1.94 bits per heavy atom. The number of thiocarbonyl (C=S) groups is 1. The van der Waals surface area contributed by atoms with Gasteiger partial charge in [-0.2, -0.15) is 0 Å². The van der Waals surface area contributed by atoms with Crippen molar-refractivity contribution in [2.45, 2.75) is 19.9 Å². The van der Waals surface area contributed by atoms with Gasteiger partial charge in [0.2, 0.25) is 12.5 Å². The van der Waals surface area contributed by atoms with E-state index in [-0.39, 0.29) is 13.4 Å². The average molecular weight is 457 g/mol. The first-order chi connectivity index (χ1) is 15.5. The van der Waals surface area contributed by atoms with Crippen LogP contribution in [0, 0.1) is 0 Å². The Balaban J connectivity index is 1.87. The van der Waals surface area contributed by atoms with Gasteiger partial charge in [0.25, 0.3) is 0 Å². The molecule has 9 heteroatoms. The SMILES string of the molecule is CCOC(=O)C1=C(C)N(c2ccccc2OC)C(=S)N[C@H]1c1cc(OC)c2c(c1)OCO2. The number of nitrogens with one attached hydrogen (secondary N) is 1. The van der Waals surface area contributed by atoms with Gasteiger partial charge in [0.15, 0.2) is 16.6 Å². The first-order valence-electron chi connectivity index (χ1n) is 10.1. The topological polar surface area (TPSA) is 78.5 Å². The molecule has 0 aromatic heterocycles. The van der Waals surface area contributed by atoms with E-state index in [1.807, 2.05) is 37.3 Å². The molecular weight excluding hydrogens is 432 g/mol. The van der Waals surface area contributed by atoms with E-state index < -0.39 is 12.0 Å². The summed E-state index contributed by atoms with van der Waals surface area (Å²) in [5.41, 5.74) is 2.51. The molecule has 4 rings (SSSR count). The lowest BCUT2D eigenvalue weighted by Gasteiger charge is -2.38. The second kappa shape index (κ2) is 8.96. The zero-order valence-electron chi connectivity index (χ0n) is 18.3. The lowest BCUT2D eigenvalue weighted by molar-refractivity contribution is -0.139. The van der Waals surface area contributed by atoms with E-state index >= 15 is 0 Å². The van der Waals surface area contributed by atoms with Crippen LogP contribution in [0.1, 0.15) is 25.5 Å². The zero-order valence-corrected chi connectivity index (χ0v) is 19.1. The number of para-hydroxylation sites is 2. The number of nitrogens with zero attached hydrogens (tertiary/aromatic N) is 1. The maximum atomic E-state index is 13.1. The summed E-state index contributed by atoms with van der Waals surface area (Å²) < 4.78 is 27.5. The molecule has 2 aromatic carbocycles. The third-order valence-electron chi connectivity index (χ3n) is 5.32. The summed E-state index contributed by atoms with van der Waals surface area (Å²) in [6.07, 6.45) is 0. The number of fused-ring (bicyclic) bond motifs is 1. The smallest absolute Gasteiger partial charge is 0.338 e. The zero-order chi connectivity index (χ0) is 22.8. The monoisotopic (exact) mass is 456 g/mol. The van der Waals surface area contributed by atoms with Crippen molar-refractivity contribution >= 4 is 29.0 Å². The van der Waals surface area contributed by atoms with Gasteiger partial charge in [-0.05, 0) is 55.9 Å². The molecule has 1 N–H and O–H groups in total. The van der Waals surface area contributed by atoms with Crippen LogP contribution in [-0.2, 0) is 9.53 Å². The molecule has 2 aromatic rings. The van der Waals surface area contributed by atoms with Gasteiger partial charge < -0.3 is 29.0 Å². The number of rotatable bonds is 6. The van der Waals surface area contributed by atoms with Gasteiger partial charge >= 0.3 is 5.97 Å². The number of anilines is 1.